The molecule has 6 heteroatoms. The van der Waals surface area contributed by atoms with E-state index in [4.69, 9.17) is 5.11 Å². The van der Waals surface area contributed by atoms with Crippen molar-refractivity contribution in [1.82, 2.24) is 4.90 Å². The predicted octanol–water partition coefficient (Wildman–Crippen LogP) is 1.64. The third-order valence-electron chi connectivity index (χ3n) is 2.04. The summed E-state index contributed by atoms with van der Waals surface area (Å²) in [6.07, 6.45) is -4.56. The second-order valence-electron chi connectivity index (χ2n) is 3.23. The summed E-state index contributed by atoms with van der Waals surface area (Å²) in [6, 6.07) is 0. The first-order valence-corrected chi connectivity index (χ1v) is 4.26. The van der Waals surface area contributed by atoms with Gasteiger partial charge in [-0.3, -0.25) is 0 Å². The van der Waals surface area contributed by atoms with Gasteiger partial charge in [0.15, 0.2) is 5.60 Å². The minimum absolute atomic E-state index is 0. The van der Waals surface area contributed by atoms with E-state index in [0.717, 1.165) is 6.92 Å². The van der Waals surface area contributed by atoms with Gasteiger partial charge in [0.2, 0.25) is 0 Å². The summed E-state index contributed by atoms with van der Waals surface area (Å²) in [5, 5.41) is 9.12. The first kappa shape index (κ1) is 16.6. The summed E-state index contributed by atoms with van der Waals surface area (Å²) in [6.45, 7) is 4.95. The fourth-order valence-electron chi connectivity index (χ4n) is 0.972. The van der Waals surface area contributed by atoms with Gasteiger partial charge in [-0.2, -0.15) is 13.2 Å². The first-order chi connectivity index (χ1) is 5.74. The third kappa shape index (κ3) is 4.63. The van der Waals surface area contributed by atoms with Gasteiger partial charge >= 0.3 is 6.18 Å². The summed E-state index contributed by atoms with van der Waals surface area (Å²) < 4.78 is 36.6. The molecule has 1 radical (unpaired) electrons. The van der Waals surface area contributed by atoms with Gasteiger partial charge in [-0.1, -0.05) is 13.8 Å². The average molecular weight is 258 g/mol. The summed E-state index contributed by atoms with van der Waals surface area (Å²) >= 11 is 0. The molecule has 0 rings (SSSR count). The van der Waals surface area contributed by atoms with E-state index < -0.39 is 11.8 Å². The smallest absolute Gasteiger partial charge is 0.380 e. The van der Waals surface area contributed by atoms with Crippen LogP contribution in [0.3, 0.4) is 0 Å². The summed E-state index contributed by atoms with van der Waals surface area (Å²) in [5.41, 5.74) is -2.61. The fraction of sp³-hybridized carbons (Fsp3) is 1.00. The van der Waals surface area contributed by atoms with Gasteiger partial charge in [0.1, 0.15) is 0 Å². The molecule has 1 unspecified atom stereocenters. The Balaban J connectivity index is 0. The van der Waals surface area contributed by atoms with E-state index >= 15 is 0 Å². The minimum atomic E-state index is -4.56. The maximum absolute atomic E-state index is 12.2. The van der Waals surface area contributed by atoms with E-state index in [1.54, 1.807) is 13.8 Å². The second kappa shape index (κ2) is 5.94. The average Bonchev–Trinajstić information content (AvgIpc) is 1.98. The molecule has 0 aromatic rings. The van der Waals surface area contributed by atoms with Crippen molar-refractivity contribution in [3.8, 4) is 0 Å². The van der Waals surface area contributed by atoms with Gasteiger partial charge in [-0.25, -0.2) is 0 Å². The van der Waals surface area contributed by atoms with Crippen LogP contribution in [0.2, 0.25) is 0 Å². The number of likely N-dealkylation sites (N-methyl/N-ethyl adjacent to an activating group) is 1. The molecule has 0 aliphatic heterocycles. The van der Waals surface area contributed by atoms with Crippen LogP contribution in [-0.4, -0.2) is 41.4 Å². The zero-order valence-corrected chi connectivity index (χ0v) is 9.52. The van der Waals surface area contributed by atoms with Crippen LogP contribution in [0, 0.1) is 0 Å². The molecule has 0 aliphatic carbocycles. The molecule has 0 heterocycles. The predicted molar refractivity (Wildman–Crippen MR) is 44.5 cm³/mol. The zero-order valence-electron chi connectivity index (χ0n) is 8.48. The maximum Gasteiger partial charge on any atom is 0.418 e. The Morgan fingerprint density at radius 1 is 1.14 bits per heavy atom. The Morgan fingerprint density at radius 3 is 1.71 bits per heavy atom. The van der Waals surface area contributed by atoms with Crippen LogP contribution >= 0.6 is 0 Å². The molecule has 0 fully saturated rings. The van der Waals surface area contributed by atoms with Crippen molar-refractivity contribution in [2.75, 3.05) is 19.6 Å². The number of alkyl halides is 3. The van der Waals surface area contributed by atoms with E-state index in [1.165, 1.54) is 4.90 Å². The van der Waals surface area contributed by atoms with Crippen molar-refractivity contribution in [3.63, 3.8) is 0 Å². The summed E-state index contributed by atoms with van der Waals surface area (Å²) in [4.78, 5) is 1.54. The molecular formula is C8H16CoF3NO. The Labute approximate surface area is 92.7 Å². The molecule has 1 N–H and O–H groups in total. The molecule has 0 amide bonds. The fourth-order valence-corrected chi connectivity index (χ4v) is 0.972. The molecule has 0 saturated carbocycles. The monoisotopic (exact) mass is 258 g/mol. The zero-order chi connectivity index (χ0) is 10.7. The Kier molecular flexibility index (Phi) is 7.06. The number of hydrogen-bond acceptors (Lipinski definition) is 2. The summed E-state index contributed by atoms with van der Waals surface area (Å²) in [5.74, 6) is 0. The molecule has 0 aromatic heterocycles. The van der Waals surface area contributed by atoms with Crippen LogP contribution in [0.4, 0.5) is 13.2 Å². The topological polar surface area (TPSA) is 23.5 Å². The molecule has 1 atom stereocenters. The van der Waals surface area contributed by atoms with Crippen molar-refractivity contribution in [1.29, 1.82) is 0 Å². The second-order valence-corrected chi connectivity index (χ2v) is 3.23. The van der Waals surface area contributed by atoms with E-state index in [1.807, 2.05) is 0 Å². The summed E-state index contributed by atoms with van der Waals surface area (Å²) in [7, 11) is 0. The van der Waals surface area contributed by atoms with Crippen LogP contribution < -0.4 is 0 Å². The van der Waals surface area contributed by atoms with Gasteiger partial charge in [-0.15, -0.1) is 0 Å². The quantitative estimate of drug-likeness (QED) is 0.828. The number of hydrogen-bond donors (Lipinski definition) is 1. The van der Waals surface area contributed by atoms with Gasteiger partial charge in [-0.05, 0) is 20.0 Å². The van der Waals surface area contributed by atoms with Gasteiger partial charge in [0, 0.05) is 23.3 Å². The van der Waals surface area contributed by atoms with Crippen molar-refractivity contribution < 1.29 is 35.1 Å². The van der Waals surface area contributed by atoms with Crippen LogP contribution in [0.1, 0.15) is 20.8 Å². The largest absolute Gasteiger partial charge is 0.418 e. The van der Waals surface area contributed by atoms with Crippen molar-refractivity contribution in [2.45, 2.75) is 32.5 Å². The number of halogens is 3. The van der Waals surface area contributed by atoms with Crippen molar-refractivity contribution in [3.05, 3.63) is 0 Å². The van der Waals surface area contributed by atoms with Gasteiger partial charge in [0.05, 0.1) is 0 Å². The molecule has 0 spiro atoms. The van der Waals surface area contributed by atoms with Crippen LogP contribution in [0.5, 0.6) is 0 Å². The van der Waals surface area contributed by atoms with E-state index in [2.05, 4.69) is 0 Å². The molecule has 0 saturated heterocycles. The van der Waals surface area contributed by atoms with Crippen LogP contribution in [0.25, 0.3) is 0 Å². The number of nitrogens with zero attached hydrogens (tertiary/aromatic N) is 1. The molecule has 0 aromatic carbocycles. The molecule has 0 bridgehead atoms. The van der Waals surface area contributed by atoms with Gasteiger partial charge < -0.3 is 10.0 Å². The Hall–Kier alpha value is 0.216. The number of rotatable bonds is 4. The molecular weight excluding hydrogens is 242 g/mol. The Morgan fingerprint density at radius 2 is 1.50 bits per heavy atom. The Bertz CT molecular complexity index is 157. The first-order valence-electron chi connectivity index (χ1n) is 4.26. The maximum atomic E-state index is 12.2. The van der Waals surface area contributed by atoms with E-state index in [-0.39, 0.29) is 23.3 Å². The van der Waals surface area contributed by atoms with Crippen LogP contribution in [-0.2, 0) is 16.8 Å². The van der Waals surface area contributed by atoms with E-state index in [9.17, 15) is 13.2 Å². The SMILES string of the molecule is CCN(CC)CC(C)(O)C(F)(F)F.[Co]. The van der Waals surface area contributed by atoms with Crippen LogP contribution in [0.15, 0.2) is 0 Å². The van der Waals surface area contributed by atoms with E-state index in [0.29, 0.717) is 13.1 Å². The third-order valence-corrected chi connectivity index (χ3v) is 2.04. The van der Waals surface area contributed by atoms with Gasteiger partial charge in [0.25, 0.3) is 0 Å². The minimum Gasteiger partial charge on any atom is -0.380 e. The molecule has 89 valence electrons. The van der Waals surface area contributed by atoms with Crippen molar-refractivity contribution in [2.24, 2.45) is 0 Å². The normalized spacial score (nSPS) is 16.3. The molecule has 2 nitrogen and oxygen atoms in total. The number of aliphatic hydroxyl groups is 1. The molecule has 0 aliphatic rings. The van der Waals surface area contributed by atoms with Crippen molar-refractivity contribution >= 4 is 0 Å². The standard InChI is InChI=1S/C8H16F3NO.Co/c1-4-12(5-2)6-7(3,13)8(9,10)11;/h13H,4-6H2,1-3H3;. The molecule has 14 heavy (non-hydrogen) atoms.